The van der Waals surface area contributed by atoms with Crippen LogP contribution < -0.4 is 4.74 Å². The van der Waals surface area contributed by atoms with Crippen molar-refractivity contribution >= 4 is 16.9 Å². The van der Waals surface area contributed by atoms with Gasteiger partial charge in [-0.2, -0.15) is 0 Å². The van der Waals surface area contributed by atoms with Crippen molar-refractivity contribution in [2.45, 2.75) is 37.8 Å². The summed E-state index contributed by atoms with van der Waals surface area (Å²) in [5, 5.41) is 21.1. The first-order valence-corrected chi connectivity index (χ1v) is 13.6. The Kier molecular flexibility index (Phi) is 6.93. The summed E-state index contributed by atoms with van der Waals surface area (Å²) in [5.74, 6) is 1.09. The second-order valence-electron chi connectivity index (χ2n) is 10.4. The summed E-state index contributed by atoms with van der Waals surface area (Å²) in [6.07, 6.45) is 5.56. The Bertz CT molecular complexity index is 1490. The van der Waals surface area contributed by atoms with E-state index in [0.717, 1.165) is 55.4 Å². The number of methoxy groups -OCH3 is 1. The van der Waals surface area contributed by atoms with Crippen LogP contribution in [-0.2, 0) is 0 Å². The van der Waals surface area contributed by atoms with Crippen LogP contribution in [0.3, 0.4) is 0 Å². The van der Waals surface area contributed by atoms with Gasteiger partial charge >= 0.3 is 0 Å². The summed E-state index contributed by atoms with van der Waals surface area (Å²) >= 11 is 0. The number of aromatic amines is 1. The predicted octanol–water partition coefficient (Wildman–Crippen LogP) is 4.07. The van der Waals surface area contributed by atoms with Gasteiger partial charge in [-0.15, -0.1) is 0 Å². The van der Waals surface area contributed by atoms with E-state index in [1.165, 1.54) is 0 Å². The number of aromatic hydroxyl groups is 1. The number of hydrogen-bond donors (Lipinski definition) is 3. The van der Waals surface area contributed by atoms with E-state index in [-0.39, 0.29) is 23.8 Å². The first-order valence-electron chi connectivity index (χ1n) is 13.6. The summed E-state index contributed by atoms with van der Waals surface area (Å²) < 4.78 is 5.40. The molecule has 3 heterocycles. The summed E-state index contributed by atoms with van der Waals surface area (Å²) in [6.45, 7) is 2.84. The Morgan fingerprint density at radius 3 is 2.64 bits per heavy atom. The zero-order valence-corrected chi connectivity index (χ0v) is 22.0. The fraction of sp³-hybridized carbons (Fsp3) is 0.367. The first kappa shape index (κ1) is 25.3. The number of phenols is 1. The van der Waals surface area contributed by atoms with Crippen LogP contribution >= 0.6 is 0 Å². The maximum absolute atomic E-state index is 13.3. The fourth-order valence-electron chi connectivity index (χ4n) is 5.89. The van der Waals surface area contributed by atoms with Gasteiger partial charge in [-0.05, 0) is 60.9 Å². The van der Waals surface area contributed by atoms with Crippen LogP contribution in [0.2, 0.25) is 0 Å². The Balaban J connectivity index is 1.21. The van der Waals surface area contributed by atoms with Gasteiger partial charge in [-0.3, -0.25) is 9.69 Å². The highest BCUT2D eigenvalue weighted by Crippen LogP contribution is 2.36. The summed E-state index contributed by atoms with van der Waals surface area (Å²) in [5.41, 5.74) is 4.21. The van der Waals surface area contributed by atoms with Crippen molar-refractivity contribution in [1.29, 1.82) is 0 Å². The third kappa shape index (κ3) is 4.95. The maximum atomic E-state index is 13.3. The molecule has 1 saturated carbocycles. The number of aliphatic hydroxyl groups excluding tert-OH is 1. The molecule has 39 heavy (non-hydrogen) atoms. The molecule has 3 N–H and O–H groups in total. The van der Waals surface area contributed by atoms with Crippen molar-refractivity contribution in [3.05, 3.63) is 60.3 Å². The van der Waals surface area contributed by atoms with Crippen LogP contribution in [0.25, 0.3) is 33.5 Å². The number of hydrogen-bond acceptors (Lipinski definition) is 7. The highest BCUT2D eigenvalue weighted by Gasteiger charge is 2.32. The van der Waals surface area contributed by atoms with Crippen LogP contribution in [0.15, 0.2) is 54.7 Å². The molecule has 0 spiro atoms. The predicted molar refractivity (Wildman–Crippen MR) is 149 cm³/mol. The second kappa shape index (κ2) is 10.7. The van der Waals surface area contributed by atoms with E-state index in [1.807, 2.05) is 41.3 Å². The minimum atomic E-state index is -0.260. The topological polar surface area (TPSA) is 115 Å². The van der Waals surface area contributed by atoms with Gasteiger partial charge in [-0.1, -0.05) is 18.9 Å². The number of nitrogens with zero attached hydrogens (tertiary/aromatic N) is 4. The molecule has 0 bridgehead atoms. The molecular formula is C30H33N5O4. The third-order valence-corrected chi connectivity index (χ3v) is 8.02. The zero-order valence-electron chi connectivity index (χ0n) is 22.0. The van der Waals surface area contributed by atoms with Gasteiger partial charge in [-0.25, -0.2) is 9.97 Å². The number of phenolic OH excluding ortho intramolecular Hbond substituents is 1. The summed E-state index contributed by atoms with van der Waals surface area (Å²) in [4.78, 5) is 29.8. The van der Waals surface area contributed by atoms with E-state index in [2.05, 4.69) is 14.9 Å². The molecule has 4 aromatic rings. The van der Waals surface area contributed by atoms with Crippen molar-refractivity contribution in [3.63, 3.8) is 0 Å². The van der Waals surface area contributed by atoms with E-state index in [4.69, 9.17) is 9.72 Å². The van der Waals surface area contributed by atoms with Gasteiger partial charge in [0.2, 0.25) is 5.88 Å². The number of ether oxygens (including phenoxy) is 1. The number of carbonyl (C=O) groups is 1. The highest BCUT2D eigenvalue weighted by molar-refractivity contribution is 5.98. The van der Waals surface area contributed by atoms with Crippen molar-refractivity contribution in [2.24, 2.45) is 0 Å². The third-order valence-electron chi connectivity index (χ3n) is 8.02. The van der Waals surface area contributed by atoms with Crippen molar-refractivity contribution in [3.8, 4) is 34.1 Å². The number of aromatic nitrogens is 3. The normalized spacial score (nSPS) is 20.3. The minimum Gasteiger partial charge on any atom is -0.507 e. The van der Waals surface area contributed by atoms with Crippen LogP contribution in [0.5, 0.6) is 11.6 Å². The molecule has 1 aliphatic heterocycles. The molecule has 2 aliphatic rings. The van der Waals surface area contributed by atoms with Crippen LogP contribution in [0.1, 0.15) is 36.0 Å². The molecule has 2 atom stereocenters. The van der Waals surface area contributed by atoms with Gasteiger partial charge in [0.25, 0.3) is 5.91 Å². The average Bonchev–Trinajstić information content (AvgIpc) is 3.41. The first-order chi connectivity index (χ1) is 19.0. The van der Waals surface area contributed by atoms with E-state index < -0.39 is 0 Å². The monoisotopic (exact) mass is 527 g/mol. The Morgan fingerprint density at radius 2 is 1.85 bits per heavy atom. The number of carbonyl (C=O) groups excluding carboxylic acids is 1. The largest absolute Gasteiger partial charge is 0.507 e. The van der Waals surface area contributed by atoms with E-state index in [0.29, 0.717) is 41.4 Å². The lowest BCUT2D eigenvalue weighted by Crippen LogP contribution is -2.55. The second-order valence-corrected chi connectivity index (χ2v) is 10.4. The lowest BCUT2D eigenvalue weighted by Gasteiger charge is -2.42. The molecule has 2 fully saturated rings. The molecule has 0 radical (unpaired) electrons. The molecule has 6 rings (SSSR count). The SMILES string of the molecule is COc1ncccc1-c1ccc(O)c(-c2nc3cc(C(=O)N4CCN([C@H]5CCCC[C@@H]5O)CC4)ccc3[nH]2)c1. The number of imidazole rings is 1. The molecule has 1 aliphatic carbocycles. The lowest BCUT2D eigenvalue weighted by atomic mass is 9.91. The van der Waals surface area contributed by atoms with Crippen LogP contribution in [0, 0.1) is 0 Å². The highest BCUT2D eigenvalue weighted by atomic mass is 16.5. The molecule has 0 unspecified atom stereocenters. The van der Waals surface area contributed by atoms with Crippen LogP contribution in [0.4, 0.5) is 0 Å². The number of amides is 1. The van der Waals surface area contributed by atoms with Crippen molar-refractivity contribution < 1.29 is 19.7 Å². The fourth-order valence-corrected chi connectivity index (χ4v) is 5.89. The van der Waals surface area contributed by atoms with Crippen molar-refractivity contribution in [1.82, 2.24) is 24.8 Å². The Hall–Kier alpha value is -3.95. The molecule has 1 saturated heterocycles. The quantitative estimate of drug-likeness (QED) is 0.358. The Morgan fingerprint density at radius 1 is 1.03 bits per heavy atom. The smallest absolute Gasteiger partial charge is 0.254 e. The number of nitrogens with one attached hydrogen (secondary N) is 1. The zero-order chi connectivity index (χ0) is 26.9. The van der Waals surface area contributed by atoms with Gasteiger partial charge < -0.3 is 24.8 Å². The van der Waals surface area contributed by atoms with E-state index in [9.17, 15) is 15.0 Å². The van der Waals surface area contributed by atoms with Crippen molar-refractivity contribution in [2.75, 3.05) is 33.3 Å². The van der Waals surface area contributed by atoms with Gasteiger partial charge in [0, 0.05) is 49.5 Å². The Labute approximate surface area is 227 Å². The number of pyridine rings is 1. The van der Waals surface area contributed by atoms with Gasteiger partial charge in [0.05, 0.1) is 29.8 Å². The summed E-state index contributed by atoms with van der Waals surface area (Å²) in [6, 6.07) is 14.7. The number of rotatable bonds is 5. The average molecular weight is 528 g/mol. The molecule has 9 heteroatoms. The molecule has 1 amide bonds. The summed E-state index contributed by atoms with van der Waals surface area (Å²) in [7, 11) is 1.58. The van der Waals surface area contributed by atoms with E-state index in [1.54, 1.807) is 25.4 Å². The lowest BCUT2D eigenvalue weighted by molar-refractivity contribution is -0.00172. The number of aliphatic hydroxyl groups is 1. The molecule has 2 aromatic heterocycles. The maximum Gasteiger partial charge on any atom is 0.254 e. The molecule has 2 aromatic carbocycles. The molecular weight excluding hydrogens is 494 g/mol. The number of piperazine rings is 1. The van der Waals surface area contributed by atoms with E-state index >= 15 is 0 Å². The number of fused-ring (bicyclic) bond motifs is 1. The number of H-pyrrole nitrogens is 1. The van der Waals surface area contributed by atoms with Gasteiger partial charge in [0.15, 0.2) is 0 Å². The standard InChI is InChI=1S/C30H33N5O4/c1-39-29-21(5-4-12-31-29)19-9-11-26(36)22(17-19)28-32-23-10-8-20(18-24(23)33-28)30(38)35-15-13-34(14-16-35)25-6-2-3-7-27(25)37/h4-5,8-12,17-18,25,27,36-37H,2-3,6-7,13-16H2,1H3,(H,32,33)/t25-,27-/m0/s1. The number of benzene rings is 2. The van der Waals surface area contributed by atoms with Crippen LogP contribution in [-0.4, -0.2) is 86.3 Å². The van der Waals surface area contributed by atoms with Gasteiger partial charge in [0.1, 0.15) is 11.6 Å². The molecule has 202 valence electrons. The molecule has 9 nitrogen and oxygen atoms in total. The minimum absolute atomic E-state index is 0.0150.